The van der Waals surface area contributed by atoms with E-state index in [0.717, 1.165) is 25.6 Å². The number of alkyl halides is 8. The molecular formula is C19H16F8N8O. The van der Waals surface area contributed by atoms with E-state index in [1.54, 1.807) is 0 Å². The molecule has 194 valence electrons. The molecule has 9 nitrogen and oxygen atoms in total. The van der Waals surface area contributed by atoms with Crippen LogP contribution in [0.25, 0.3) is 5.82 Å². The number of hydrogen-bond donors (Lipinski definition) is 3. The molecule has 0 atom stereocenters. The van der Waals surface area contributed by atoms with Crippen LogP contribution < -0.4 is 10.6 Å². The van der Waals surface area contributed by atoms with Gasteiger partial charge in [0.05, 0.1) is 29.7 Å². The van der Waals surface area contributed by atoms with E-state index >= 15 is 0 Å². The highest BCUT2D eigenvalue weighted by Gasteiger charge is 2.64. The summed E-state index contributed by atoms with van der Waals surface area (Å²) >= 11 is 0. The fraction of sp³-hybridized carbons (Fsp3) is 0.421. The van der Waals surface area contributed by atoms with Gasteiger partial charge in [0.2, 0.25) is 0 Å². The van der Waals surface area contributed by atoms with Crippen molar-refractivity contribution in [3.05, 3.63) is 35.4 Å². The van der Waals surface area contributed by atoms with E-state index in [-0.39, 0.29) is 21.7 Å². The molecule has 1 aliphatic carbocycles. The third-order valence-electron chi connectivity index (χ3n) is 5.10. The Morgan fingerprint density at radius 2 is 1.83 bits per heavy atom. The third-order valence-corrected chi connectivity index (χ3v) is 5.10. The highest BCUT2D eigenvalue weighted by atomic mass is 19.4. The van der Waals surface area contributed by atoms with Gasteiger partial charge < -0.3 is 16.0 Å². The average molecular weight is 524 g/mol. The summed E-state index contributed by atoms with van der Waals surface area (Å²) < 4.78 is 108. The molecule has 2 heterocycles. The van der Waals surface area contributed by atoms with E-state index < -0.39 is 46.8 Å². The van der Waals surface area contributed by atoms with Gasteiger partial charge in [-0.2, -0.15) is 50.6 Å². The van der Waals surface area contributed by atoms with Crippen molar-refractivity contribution in [3.63, 3.8) is 0 Å². The largest absolute Gasteiger partial charge is 0.459 e. The lowest BCUT2D eigenvalue weighted by Gasteiger charge is -2.19. The normalized spacial score (nSPS) is 15.9. The SMILES string of the molecule is CC(=N)/C(=C\Nc1cnn(-c2c(C(F)(F)F)c(C(F)(F)C(F)(F)F)nn2C)c1)C(=O)NC1(C#N)CC1. The smallest absolute Gasteiger partial charge is 0.358 e. The lowest BCUT2D eigenvalue weighted by atomic mass is 10.1. The summed E-state index contributed by atoms with van der Waals surface area (Å²) in [6.45, 7) is 1.26. The number of nitrogens with one attached hydrogen (secondary N) is 3. The molecule has 3 rings (SSSR count). The number of aromatic nitrogens is 4. The highest BCUT2D eigenvalue weighted by molar-refractivity contribution is 6.20. The predicted molar refractivity (Wildman–Crippen MR) is 106 cm³/mol. The molecule has 0 radical (unpaired) electrons. The van der Waals surface area contributed by atoms with Gasteiger partial charge in [-0.3, -0.25) is 4.79 Å². The summed E-state index contributed by atoms with van der Waals surface area (Å²) in [5.41, 5.74) is -6.48. The number of nitrogens with zero attached hydrogens (tertiary/aromatic N) is 5. The number of carbonyl (C=O) groups is 1. The molecule has 0 spiro atoms. The zero-order valence-electron chi connectivity index (χ0n) is 18.3. The molecule has 1 saturated carbocycles. The molecule has 17 heteroatoms. The van der Waals surface area contributed by atoms with Crippen LogP contribution in [0.3, 0.4) is 0 Å². The van der Waals surface area contributed by atoms with E-state index in [1.807, 2.05) is 6.07 Å². The number of carbonyl (C=O) groups excluding carboxylic acids is 1. The maximum atomic E-state index is 13.8. The molecule has 3 N–H and O–H groups in total. The van der Waals surface area contributed by atoms with Gasteiger partial charge in [-0.1, -0.05) is 0 Å². The molecule has 1 aliphatic rings. The Kier molecular flexibility index (Phi) is 6.36. The molecule has 1 fully saturated rings. The lowest BCUT2D eigenvalue weighted by Crippen LogP contribution is -2.38. The van der Waals surface area contributed by atoms with Gasteiger partial charge in [0.15, 0.2) is 11.5 Å². The van der Waals surface area contributed by atoms with E-state index in [9.17, 15) is 39.9 Å². The summed E-state index contributed by atoms with van der Waals surface area (Å²) in [4.78, 5) is 12.4. The van der Waals surface area contributed by atoms with E-state index in [4.69, 9.17) is 10.7 Å². The van der Waals surface area contributed by atoms with Crippen LogP contribution in [0.4, 0.5) is 40.8 Å². The maximum Gasteiger partial charge on any atom is 0.459 e. The van der Waals surface area contributed by atoms with E-state index in [2.05, 4.69) is 20.8 Å². The van der Waals surface area contributed by atoms with Crippen molar-refractivity contribution < 1.29 is 39.9 Å². The van der Waals surface area contributed by atoms with Crippen molar-refractivity contribution in [1.82, 2.24) is 24.9 Å². The number of rotatable bonds is 7. The minimum atomic E-state index is -6.34. The monoisotopic (exact) mass is 524 g/mol. The van der Waals surface area contributed by atoms with Gasteiger partial charge in [0.25, 0.3) is 5.91 Å². The zero-order valence-corrected chi connectivity index (χ0v) is 18.3. The van der Waals surface area contributed by atoms with Gasteiger partial charge >= 0.3 is 18.3 Å². The molecule has 0 bridgehead atoms. The second kappa shape index (κ2) is 8.60. The molecule has 2 aromatic rings. The first-order valence-corrected chi connectivity index (χ1v) is 9.84. The Balaban J connectivity index is 1.97. The van der Waals surface area contributed by atoms with Crippen LogP contribution in [0.5, 0.6) is 0 Å². The van der Waals surface area contributed by atoms with Crippen molar-refractivity contribution in [2.45, 2.75) is 43.6 Å². The Hall–Kier alpha value is -3.97. The number of hydrogen-bond acceptors (Lipinski definition) is 6. The summed E-state index contributed by atoms with van der Waals surface area (Å²) in [5.74, 6) is -7.90. The molecule has 0 aliphatic heterocycles. The molecule has 0 unspecified atom stereocenters. The Morgan fingerprint density at radius 3 is 2.31 bits per heavy atom. The fourth-order valence-corrected chi connectivity index (χ4v) is 3.08. The van der Waals surface area contributed by atoms with Gasteiger partial charge in [-0.25, -0.2) is 9.36 Å². The Bertz CT molecular complexity index is 1270. The van der Waals surface area contributed by atoms with Crippen molar-refractivity contribution >= 4 is 17.3 Å². The number of amides is 1. The van der Waals surface area contributed by atoms with Gasteiger partial charge in [-0.05, 0) is 19.8 Å². The van der Waals surface area contributed by atoms with Gasteiger partial charge in [0, 0.05) is 19.0 Å². The number of nitriles is 1. The molecule has 1 amide bonds. The maximum absolute atomic E-state index is 13.8. The Morgan fingerprint density at radius 1 is 1.22 bits per heavy atom. The van der Waals surface area contributed by atoms with Gasteiger partial charge in [0.1, 0.15) is 11.1 Å². The first-order chi connectivity index (χ1) is 16.4. The number of halogens is 8. The second-order valence-electron chi connectivity index (χ2n) is 7.89. The summed E-state index contributed by atoms with van der Waals surface area (Å²) in [6.07, 6.45) is -8.43. The standard InChI is InChI=1S/C19H16F8N8O/c1-9(29)11(14(36)32-16(8-28)3-4-16)6-30-10-5-31-35(7-10)15-12(18(22,23)24)13(33-34(15)2)17(20,21)19(25,26)27/h5-7,29-30H,3-4H2,1-2H3,(H,32,36)/b11-6+,29-9?. The molecular weight excluding hydrogens is 508 g/mol. The summed E-state index contributed by atoms with van der Waals surface area (Å²) in [6, 6.07) is 1.93. The van der Waals surface area contributed by atoms with Crippen LogP contribution in [-0.4, -0.2) is 42.9 Å². The van der Waals surface area contributed by atoms with Crippen molar-refractivity contribution in [3.8, 4) is 11.9 Å². The topological polar surface area (TPSA) is 124 Å². The van der Waals surface area contributed by atoms with Crippen molar-refractivity contribution in [1.29, 1.82) is 10.7 Å². The Labute approximate surface area is 196 Å². The van der Waals surface area contributed by atoms with Crippen LogP contribution >= 0.6 is 0 Å². The lowest BCUT2D eigenvalue weighted by molar-refractivity contribution is -0.292. The minimum absolute atomic E-state index is 0.110. The van der Waals surface area contributed by atoms with Crippen LogP contribution in [0.2, 0.25) is 0 Å². The first kappa shape index (κ1) is 26.6. The molecule has 36 heavy (non-hydrogen) atoms. The quantitative estimate of drug-likeness (QED) is 0.289. The highest BCUT2D eigenvalue weighted by Crippen LogP contribution is 2.49. The number of anilines is 1. The average Bonchev–Trinajstić information content (AvgIpc) is 3.18. The van der Waals surface area contributed by atoms with Crippen LogP contribution in [-0.2, 0) is 23.9 Å². The van der Waals surface area contributed by atoms with Crippen LogP contribution in [0.1, 0.15) is 31.0 Å². The van der Waals surface area contributed by atoms with E-state index in [0.29, 0.717) is 17.5 Å². The molecule has 2 aromatic heterocycles. The van der Waals surface area contributed by atoms with Crippen molar-refractivity contribution in [2.75, 3.05) is 5.32 Å². The van der Waals surface area contributed by atoms with E-state index in [1.165, 1.54) is 6.92 Å². The summed E-state index contributed by atoms with van der Waals surface area (Å²) in [7, 11) is 0.735. The molecule has 0 saturated heterocycles. The van der Waals surface area contributed by atoms with Crippen LogP contribution in [0.15, 0.2) is 24.2 Å². The fourth-order valence-electron chi connectivity index (χ4n) is 3.08. The van der Waals surface area contributed by atoms with Crippen molar-refractivity contribution in [2.24, 2.45) is 7.05 Å². The zero-order chi connectivity index (χ0) is 27.3. The minimum Gasteiger partial charge on any atom is -0.358 e. The van der Waals surface area contributed by atoms with Gasteiger partial charge in [-0.15, -0.1) is 0 Å². The second-order valence-corrected chi connectivity index (χ2v) is 7.89. The summed E-state index contributed by atoms with van der Waals surface area (Å²) in [5, 5.41) is 28.1. The predicted octanol–water partition coefficient (Wildman–Crippen LogP) is 3.79. The van der Waals surface area contributed by atoms with Crippen LogP contribution in [0, 0.1) is 16.7 Å². The third kappa shape index (κ3) is 4.88. The molecule has 0 aromatic carbocycles. The number of aryl methyl sites for hydroxylation is 1. The first-order valence-electron chi connectivity index (χ1n) is 9.84.